The van der Waals surface area contributed by atoms with Crippen molar-refractivity contribution in [1.82, 2.24) is 4.98 Å². The number of hydrogen-bond acceptors (Lipinski definition) is 4. The first kappa shape index (κ1) is 11.4. The molecule has 2 atom stereocenters. The van der Waals surface area contributed by atoms with E-state index in [1.807, 2.05) is 13.0 Å². The van der Waals surface area contributed by atoms with Gasteiger partial charge in [0, 0.05) is 18.7 Å². The fraction of sp³-hybridized carbons (Fsp3) is 0.455. The molecule has 1 aromatic heterocycles. The highest BCUT2D eigenvalue weighted by atomic mass is 35.5. The van der Waals surface area contributed by atoms with Crippen molar-refractivity contribution in [2.45, 2.75) is 26.1 Å². The molecule has 0 radical (unpaired) electrons. The van der Waals surface area contributed by atoms with Crippen LogP contribution in [0.25, 0.3) is 0 Å². The molecule has 1 aromatic rings. The maximum absolute atomic E-state index is 9.98. The standard InChI is InChI=1S/C11H13ClN2O2/c1-3-8-9(14-16-11(8,2)15)7-5-4-6-13-10(7)12/h4-6,8,15H,3H2,1-2H3. The highest BCUT2D eigenvalue weighted by Crippen LogP contribution is 2.33. The summed E-state index contributed by atoms with van der Waals surface area (Å²) in [7, 11) is 0. The number of aromatic nitrogens is 1. The number of rotatable bonds is 2. The van der Waals surface area contributed by atoms with Crippen LogP contribution in [0, 0.1) is 5.92 Å². The zero-order valence-corrected chi connectivity index (χ0v) is 9.90. The summed E-state index contributed by atoms with van der Waals surface area (Å²) in [5, 5.41) is 14.3. The van der Waals surface area contributed by atoms with E-state index in [1.54, 1.807) is 19.2 Å². The largest absolute Gasteiger partial charge is 0.360 e. The van der Waals surface area contributed by atoms with Crippen LogP contribution in [-0.4, -0.2) is 21.6 Å². The van der Waals surface area contributed by atoms with E-state index in [0.717, 1.165) is 6.42 Å². The van der Waals surface area contributed by atoms with E-state index in [-0.39, 0.29) is 5.92 Å². The summed E-state index contributed by atoms with van der Waals surface area (Å²) >= 11 is 5.99. The fourth-order valence-corrected chi connectivity index (χ4v) is 2.12. The zero-order chi connectivity index (χ0) is 11.8. The first-order valence-corrected chi connectivity index (χ1v) is 5.53. The van der Waals surface area contributed by atoms with Crippen LogP contribution in [-0.2, 0) is 4.84 Å². The van der Waals surface area contributed by atoms with Gasteiger partial charge in [0.1, 0.15) is 5.15 Å². The van der Waals surface area contributed by atoms with Crippen molar-refractivity contribution in [3.8, 4) is 0 Å². The molecule has 16 heavy (non-hydrogen) atoms. The van der Waals surface area contributed by atoms with Gasteiger partial charge in [0.2, 0.25) is 5.79 Å². The molecule has 0 spiro atoms. The lowest BCUT2D eigenvalue weighted by Gasteiger charge is -2.22. The van der Waals surface area contributed by atoms with Crippen molar-refractivity contribution in [2.24, 2.45) is 11.1 Å². The molecular formula is C11H13ClN2O2. The Labute approximate surface area is 98.9 Å². The summed E-state index contributed by atoms with van der Waals surface area (Å²) in [6.07, 6.45) is 2.33. The minimum Gasteiger partial charge on any atom is -0.360 e. The molecule has 1 aliphatic rings. The van der Waals surface area contributed by atoms with Crippen molar-refractivity contribution in [3.63, 3.8) is 0 Å². The zero-order valence-electron chi connectivity index (χ0n) is 9.14. The van der Waals surface area contributed by atoms with E-state index in [4.69, 9.17) is 16.4 Å². The molecule has 0 fully saturated rings. The number of halogens is 1. The van der Waals surface area contributed by atoms with Crippen LogP contribution < -0.4 is 0 Å². The number of aliphatic hydroxyl groups is 1. The van der Waals surface area contributed by atoms with Crippen LogP contribution in [0.1, 0.15) is 25.8 Å². The Morgan fingerprint density at radius 3 is 3.00 bits per heavy atom. The molecule has 0 bridgehead atoms. The molecule has 2 unspecified atom stereocenters. The average Bonchev–Trinajstić information content (AvgIpc) is 2.54. The lowest BCUT2D eigenvalue weighted by atomic mass is 9.89. The molecule has 1 N–H and O–H groups in total. The molecule has 5 heteroatoms. The van der Waals surface area contributed by atoms with Crippen LogP contribution in [0.5, 0.6) is 0 Å². The Morgan fingerprint density at radius 2 is 2.38 bits per heavy atom. The number of oxime groups is 1. The van der Waals surface area contributed by atoms with Gasteiger partial charge in [-0.2, -0.15) is 0 Å². The average molecular weight is 241 g/mol. The first-order chi connectivity index (χ1) is 7.56. The van der Waals surface area contributed by atoms with Crippen molar-refractivity contribution in [2.75, 3.05) is 0 Å². The second-order valence-electron chi connectivity index (χ2n) is 3.93. The SMILES string of the molecule is CCC1C(c2cccnc2Cl)=NOC1(C)O. The van der Waals surface area contributed by atoms with Crippen molar-refractivity contribution >= 4 is 17.3 Å². The summed E-state index contributed by atoms with van der Waals surface area (Å²) in [6, 6.07) is 3.60. The number of nitrogens with zero attached hydrogens (tertiary/aromatic N) is 2. The lowest BCUT2D eigenvalue weighted by molar-refractivity contribution is -0.194. The molecule has 2 heterocycles. The van der Waals surface area contributed by atoms with E-state index in [9.17, 15) is 5.11 Å². The topological polar surface area (TPSA) is 54.7 Å². The molecule has 86 valence electrons. The Hall–Kier alpha value is -1.13. The van der Waals surface area contributed by atoms with E-state index >= 15 is 0 Å². The van der Waals surface area contributed by atoms with Gasteiger partial charge in [0.15, 0.2) is 0 Å². The number of pyridine rings is 1. The minimum absolute atomic E-state index is 0.186. The first-order valence-electron chi connectivity index (χ1n) is 5.15. The van der Waals surface area contributed by atoms with E-state index in [2.05, 4.69) is 10.1 Å². The van der Waals surface area contributed by atoms with Crippen LogP contribution in [0.2, 0.25) is 5.15 Å². The van der Waals surface area contributed by atoms with E-state index in [0.29, 0.717) is 16.4 Å². The maximum atomic E-state index is 9.98. The molecule has 4 nitrogen and oxygen atoms in total. The van der Waals surface area contributed by atoms with E-state index < -0.39 is 5.79 Å². The maximum Gasteiger partial charge on any atom is 0.240 e. The Balaban J connectivity index is 2.40. The normalized spacial score (nSPS) is 28.8. The molecule has 1 aliphatic heterocycles. The fourth-order valence-electron chi connectivity index (χ4n) is 1.91. The second kappa shape index (κ2) is 4.03. The summed E-state index contributed by atoms with van der Waals surface area (Å²) in [5.41, 5.74) is 1.37. The van der Waals surface area contributed by atoms with Crippen LogP contribution in [0.15, 0.2) is 23.5 Å². The van der Waals surface area contributed by atoms with Gasteiger partial charge in [-0.25, -0.2) is 4.98 Å². The van der Waals surface area contributed by atoms with Gasteiger partial charge >= 0.3 is 0 Å². The third kappa shape index (κ3) is 1.79. The third-order valence-electron chi connectivity index (χ3n) is 2.75. The van der Waals surface area contributed by atoms with Gasteiger partial charge < -0.3 is 9.94 Å². The summed E-state index contributed by atoms with van der Waals surface area (Å²) in [4.78, 5) is 9.01. The summed E-state index contributed by atoms with van der Waals surface area (Å²) < 4.78 is 0. The van der Waals surface area contributed by atoms with Gasteiger partial charge in [-0.15, -0.1) is 0 Å². The molecule has 0 saturated heterocycles. The Morgan fingerprint density at radius 1 is 1.62 bits per heavy atom. The van der Waals surface area contributed by atoms with Gasteiger partial charge in [0.05, 0.1) is 11.6 Å². The van der Waals surface area contributed by atoms with Crippen molar-refractivity contribution < 1.29 is 9.94 Å². The monoisotopic (exact) mass is 240 g/mol. The molecule has 0 aliphatic carbocycles. The van der Waals surface area contributed by atoms with E-state index in [1.165, 1.54) is 0 Å². The predicted molar refractivity (Wildman–Crippen MR) is 61.3 cm³/mol. The third-order valence-corrected chi connectivity index (χ3v) is 3.05. The molecule has 0 aromatic carbocycles. The Kier molecular flexibility index (Phi) is 2.86. The number of hydrogen-bond donors (Lipinski definition) is 1. The smallest absolute Gasteiger partial charge is 0.240 e. The highest BCUT2D eigenvalue weighted by molar-refractivity contribution is 6.33. The van der Waals surface area contributed by atoms with Crippen molar-refractivity contribution in [3.05, 3.63) is 29.0 Å². The van der Waals surface area contributed by atoms with Crippen LogP contribution >= 0.6 is 11.6 Å². The second-order valence-corrected chi connectivity index (χ2v) is 4.28. The predicted octanol–water partition coefficient (Wildman–Crippen LogP) is 2.20. The summed E-state index contributed by atoms with van der Waals surface area (Å²) in [6.45, 7) is 3.57. The van der Waals surface area contributed by atoms with Crippen LogP contribution in [0.4, 0.5) is 0 Å². The summed E-state index contributed by atoms with van der Waals surface area (Å²) in [5.74, 6) is -1.45. The van der Waals surface area contributed by atoms with Gasteiger partial charge in [-0.05, 0) is 18.6 Å². The minimum atomic E-state index is -1.26. The lowest BCUT2D eigenvalue weighted by Crippen LogP contribution is -2.35. The molecule has 2 rings (SSSR count). The highest BCUT2D eigenvalue weighted by Gasteiger charge is 2.43. The molecule has 0 saturated carbocycles. The van der Waals surface area contributed by atoms with Crippen LogP contribution in [0.3, 0.4) is 0 Å². The Bertz CT molecular complexity index is 432. The molecule has 0 amide bonds. The molecular weight excluding hydrogens is 228 g/mol. The quantitative estimate of drug-likeness (QED) is 0.807. The van der Waals surface area contributed by atoms with Gasteiger partial charge in [-0.3, -0.25) is 0 Å². The van der Waals surface area contributed by atoms with Gasteiger partial charge in [-0.1, -0.05) is 23.7 Å². The van der Waals surface area contributed by atoms with Gasteiger partial charge in [0.25, 0.3) is 0 Å². The van der Waals surface area contributed by atoms with Crippen molar-refractivity contribution in [1.29, 1.82) is 0 Å².